The molecule has 2 unspecified atom stereocenters. The Morgan fingerprint density at radius 3 is 3.06 bits per heavy atom. The van der Waals surface area contributed by atoms with Gasteiger partial charge in [-0.3, -0.25) is 4.79 Å². The van der Waals surface area contributed by atoms with Gasteiger partial charge in [0, 0.05) is 23.8 Å². The minimum atomic E-state index is 0.121. The molecule has 1 aromatic rings. The highest BCUT2D eigenvalue weighted by atomic mass is 79.9. The summed E-state index contributed by atoms with van der Waals surface area (Å²) in [5, 5.41) is 2.96. The van der Waals surface area contributed by atoms with Gasteiger partial charge in [-0.15, -0.1) is 0 Å². The molecule has 1 amide bonds. The van der Waals surface area contributed by atoms with Gasteiger partial charge < -0.3 is 10.2 Å². The lowest BCUT2D eigenvalue weighted by Gasteiger charge is -2.37. The molecular weight excluding hydrogens is 362 g/mol. The van der Waals surface area contributed by atoms with E-state index in [9.17, 15) is 4.79 Å². The van der Waals surface area contributed by atoms with E-state index in [4.69, 9.17) is 0 Å². The fourth-order valence-corrected chi connectivity index (χ4v) is 4.05. The van der Waals surface area contributed by atoms with Crippen molar-refractivity contribution >= 4 is 43.6 Å². The summed E-state index contributed by atoms with van der Waals surface area (Å²) in [5.74, 6) is 1.25. The van der Waals surface area contributed by atoms with E-state index >= 15 is 0 Å². The van der Waals surface area contributed by atoms with E-state index in [0.717, 1.165) is 40.7 Å². The predicted octanol–water partition coefficient (Wildman–Crippen LogP) is 2.32. The summed E-state index contributed by atoms with van der Waals surface area (Å²) in [4.78, 5) is 18.5. The Kier molecular flexibility index (Phi) is 3.32. The molecule has 0 spiro atoms. The van der Waals surface area contributed by atoms with Gasteiger partial charge in [-0.2, -0.15) is 0 Å². The maximum Gasteiger partial charge on any atom is 0.225 e. The molecule has 0 aromatic carbocycles. The van der Waals surface area contributed by atoms with Gasteiger partial charge in [-0.05, 0) is 50.8 Å². The Labute approximate surface area is 122 Å². The Morgan fingerprint density at radius 2 is 2.28 bits per heavy atom. The fraction of sp³-hybridized carbons (Fsp3) is 0.500. The van der Waals surface area contributed by atoms with Crippen LogP contribution in [0.25, 0.3) is 0 Å². The molecule has 6 heteroatoms. The van der Waals surface area contributed by atoms with Crippen molar-refractivity contribution in [3.8, 4) is 0 Å². The van der Waals surface area contributed by atoms with E-state index in [0.29, 0.717) is 0 Å². The Bertz CT molecular complexity index is 494. The minimum Gasteiger partial charge on any atom is -0.354 e. The molecule has 4 nitrogen and oxygen atoms in total. The van der Waals surface area contributed by atoms with Gasteiger partial charge in [0.25, 0.3) is 0 Å². The number of carbonyl (C=O) groups is 1. The normalized spacial score (nSPS) is 27.0. The van der Waals surface area contributed by atoms with Crippen LogP contribution in [0.1, 0.15) is 12.8 Å². The number of nitrogens with one attached hydrogen (secondary N) is 1. The van der Waals surface area contributed by atoms with Crippen LogP contribution < -0.4 is 10.2 Å². The second kappa shape index (κ2) is 4.81. The predicted molar refractivity (Wildman–Crippen MR) is 76.5 cm³/mol. The summed E-state index contributed by atoms with van der Waals surface area (Å²) in [6.07, 6.45) is 3.83. The number of aromatic nitrogens is 1. The smallest absolute Gasteiger partial charge is 0.225 e. The van der Waals surface area contributed by atoms with Crippen molar-refractivity contribution in [3.05, 3.63) is 21.2 Å². The van der Waals surface area contributed by atoms with Gasteiger partial charge in [0.15, 0.2) is 0 Å². The Hall–Kier alpha value is -0.620. The van der Waals surface area contributed by atoms with E-state index < -0.39 is 0 Å². The third-order valence-corrected chi connectivity index (χ3v) is 4.68. The molecule has 0 aliphatic carbocycles. The topological polar surface area (TPSA) is 45.2 Å². The molecule has 2 aliphatic heterocycles. The number of halogens is 2. The second-order valence-electron chi connectivity index (χ2n) is 4.71. The molecule has 1 N–H and O–H groups in total. The van der Waals surface area contributed by atoms with Crippen LogP contribution in [0.2, 0.25) is 0 Å². The van der Waals surface area contributed by atoms with Crippen LogP contribution in [0.3, 0.4) is 0 Å². The van der Waals surface area contributed by atoms with Gasteiger partial charge in [0.05, 0.1) is 16.4 Å². The lowest BCUT2D eigenvalue weighted by molar-refractivity contribution is -0.122. The van der Waals surface area contributed by atoms with Crippen molar-refractivity contribution in [2.24, 2.45) is 5.92 Å². The summed E-state index contributed by atoms with van der Waals surface area (Å²) in [5.41, 5.74) is 0. The molecule has 2 fully saturated rings. The number of hydrogen-bond donors (Lipinski definition) is 1. The molecule has 1 aromatic heterocycles. The van der Waals surface area contributed by atoms with Gasteiger partial charge in [-0.1, -0.05) is 0 Å². The summed E-state index contributed by atoms with van der Waals surface area (Å²) in [7, 11) is 0. The third-order valence-electron chi connectivity index (χ3n) is 3.66. The highest BCUT2D eigenvalue weighted by Crippen LogP contribution is 2.34. The second-order valence-corrected chi connectivity index (χ2v) is 6.48. The first kappa shape index (κ1) is 12.4. The first-order chi connectivity index (χ1) is 8.66. The van der Waals surface area contributed by atoms with Crippen molar-refractivity contribution in [3.63, 3.8) is 0 Å². The van der Waals surface area contributed by atoms with Crippen LogP contribution in [0.5, 0.6) is 0 Å². The van der Waals surface area contributed by atoms with Crippen molar-refractivity contribution in [1.82, 2.24) is 10.3 Å². The van der Waals surface area contributed by atoms with Crippen molar-refractivity contribution in [1.29, 1.82) is 0 Å². The molecule has 96 valence electrons. The number of nitrogens with zero attached hydrogens (tertiary/aromatic N) is 2. The number of rotatable bonds is 1. The molecule has 0 bridgehead atoms. The largest absolute Gasteiger partial charge is 0.354 e. The van der Waals surface area contributed by atoms with Crippen molar-refractivity contribution in [2.75, 3.05) is 18.0 Å². The lowest BCUT2D eigenvalue weighted by Crippen LogP contribution is -2.46. The van der Waals surface area contributed by atoms with Crippen molar-refractivity contribution < 1.29 is 4.79 Å². The molecule has 18 heavy (non-hydrogen) atoms. The van der Waals surface area contributed by atoms with Gasteiger partial charge in [0.1, 0.15) is 5.82 Å². The number of anilines is 1. The van der Waals surface area contributed by atoms with Crippen molar-refractivity contribution in [2.45, 2.75) is 18.9 Å². The summed E-state index contributed by atoms with van der Waals surface area (Å²) in [6, 6.07) is 2.24. The SMILES string of the molecule is O=C1NCC2C1CCCN2c1ncc(Br)cc1Br. The Balaban J connectivity index is 1.93. The zero-order valence-corrected chi connectivity index (χ0v) is 12.9. The Morgan fingerprint density at radius 1 is 1.44 bits per heavy atom. The van der Waals surface area contributed by atoms with E-state index in [-0.39, 0.29) is 17.9 Å². The monoisotopic (exact) mass is 373 g/mol. The van der Waals surface area contributed by atoms with E-state index in [1.807, 2.05) is 6.07 Å². The number of amides is 1. The molecule has 0 saturated carbocycles. The molecule has 2 atom stereocenters. The molecular formula is C12H13Br2N3O. The zero-order valence-electron chi connectivity index (χ0n) is 9.70. The van der Waals surface area contributed by atoms with Crippen LogP contribution in [0.4, 0.5) is 5.82 Å². The third kappa shape index (κ3) is 2.05. The number of hydrogen-bond acceptors (Lipinski definition) is 3. The van der Waals surface area contributed by atoms with E-state index in [2.05, 4.69) is 47.1 Å². The fourth-order valence-electron chi connectivity index (χ4n) is 2.83. The standard InChI is InChI=1S/C12H13Br2N3O/c13-7-4-9(14)11(15-5-7)17-3-1-2-8-10(17)6-16-12(8)18/h4-5,8,10H,1-3,6H2,(H,16,18). The molecule has 2 aliphatic rings. The maximum absolute atomic E-state index is 11.7. The first-order valence-electron chi connectivity index (χ1n) is 6.02. The molecule has 3 rings (SSSR count). The van der Waals surface area contributed by atoms with E-state index in [1.54, 1.807) is 6.20 Å². The van der Waals surface area contributed by atoms with Crippen LogP contribution >= 0.6 is 31.9 Å². The molecule has 0 radical (unpaired) electrons. The number of fused-ring (bicyclic) bond motifs is 1. The van der Waals surface area contributed by atoms with Gasteiger partial charge >= 0.3 is 0 Å². The van der Waals surface area contributed by atoms with Gasteiger partial charge in [0.2, 0.25) is 5.91 Å². The minimum absolute atomic E-state index is 0.121. The summed E-state index contributed by atoms with van der Waals surface area (Å²) < 4.78 is 1.92. The van der Waals surface area contributed by atoms with E-state index in [1.165, 1.54) is 0 Å². The average molecular weight is 375 g/mol. The number of pyridine rings is 1. The summed E-state index contributed by atoms with van der Waals surface area (Å²) >= 11 is 6.96. The van der Waals surface area contributed by atoms with Crippen LogP contribution in [-0.2, 0) is 4.79 Å². The van der Waals surface area contributed by atoms with Crippen LogP contribution in [0.15, 0.2) is 21.2 Å². The molecule has 3 heterocycles. The lowest BCUT2D eigenvalue weighted by atomic mass is 9.91. The highest BCUT2D eigenvalue weighted by Gasteiger charge is 2.41. The van der Waals surface area contributed by atoms with Crippen LogP contribution in [0, 0.1) is 5.92 Å². The van der Waals surface area contributed by atoms with Crippen LogP contribution in [-0.4, -0.2) is 30.0 Å². The molecule has 2 saturated heterocycles. The zero-order chi connectivity index (χ0) is 12.7. The quantitative estimate of drug-likeness (QED) is 0.820. The first-order valence-corrected chi connectivity index (χ1v) is 7.61. The average Bonchev–Trinajstić information content (AvgIpc) is 2.72. The summed E-state index contributed by atoms with van der Waals surface area (Å²) in [6.45, 7) is 1.69. The number of piperidine rings is 1. The number of carbonyl (C=O) groups excluding carboxylic acids is 1. The van der Waals surface area contributed by atoms with Gasteiger partial charge in [-0.25, -0.2) is 4.98 Å². The maximum atomic E-state index is 11.7. The highest BCUT2D eigenvalue weighted by molar-refractivity contribution is 9.11.